The molecule has 0 radical (unpaired) electrons. The topological polar surface area (TPSA) is 47.1 Å². The molecule has 0 spiro atoms. The van der Waals surface area contributed by atoms with Crippen LogP contribution in [0.2, 0.25) is 0 Å². The summed E-state index contributed by atoms with van der Waals surface area (Å²) in [4.78, 5) is 2.30. The van der Waals surface area contributed by atoms with Crippen LogP contribution in [0.25, 0.3) is 0 Å². The van der Waals surface area contributed by atoms with Gasteiger partial charge in [0.25, 0.3) is 0 Å². The van der Waals surface area contributed by atoms with Gasteiger partial charge in [0.05, 0.1) is 17.3 Å². The van der Waals surface area contributed by atoms with E-state index in [0.717, 1.165) is 25.9 Å². The maximum absolute atomic E-state index is 6.19. The minimum Gasteiger partial charge on any atom is -0.320 e. The largest absolute Gasteiger partial charge is 0.320 e. The highest BCUT2D eigenvalue weighted by Gasteiger charge is 2.44. The summed E-state index contributed by atoms with van der Waals surface area (Å²) in [5, 5.41) is 4.39. The smallest absolute Gasteiger partial charge is 0.0776 e. The Kier molecular flexibility index (Phi) is 1.56. The molecular formula is C10H16N4. The maximum Gasteiger partial charge on any atom is 0.0776 e. The zero-order valence-electron chi connectivity index (χ0n) is 8.48. The molecule has 3 rings (SSSR count). The monoisotopic (exact) mass is 192 g/mol. The fraction of sp³-hybridized carbons (Fsp3) is 0.700. The van der Waals surface area contributed by atoms with Crippen LogP contribution < -0.4 is 5.73 Å². The number of rotatable bonds is 2. The van der Waals surface area contributed by atoms with E-state index in [-0.39, 0.29) is 5.54 Å². The molecule has 1 saturated carbocycles. The molecule has 2 N–H and O–H groups in total. The zero-order chi connectivity index (χ0) is 9.76. The van der Waals surface area contributed by atoms with E-state index >= 15 is 0 Å². The number of likely N-dealkylation sites (tertiary alicyclic amines) is 1. The van der Waals surface area contributed by atoms with Gasteiger partial charge in [-0.15, -0.1) is 0 Å². The van der Waals surface area contributed by atoms with Crippen molar-refractivity contribution in [2.75, 3.05) is 20.1 Å². The molecule has 2 aliphatic rings. The summed E-state index contributed by atoms with van der Waals surface area (Å²) < 4.78 is 2.13. The Balaban J connectivity index is 1.87. The summed E-state index contributed by atoms with van der Waals surface area (Å²) in [5.41, 5.74) is 7.37. The second-order valence-corrected chi connectivity index (χ2v) is 4.69. The third-order valence-corrected chi connectivity index (χ3v) is 3.36. The standard InChI is InChI=1S/C10H16N4/c1-13-6-8(7-13)14-9(2-5-12-14)10(11)3-4-10/h2,5,8H,3-4,6-7,11H2,1H3. The first kappa shape index (κ1) is 8.44. The number of nitrogens with two attached hydrogens (primary N) is 1. The molecule has 76 valence electrons. The van der Waals surface area contributed by atoms with E-state index in [1.807, 2.05) is 6.20 Å². The Morgan fingerprint density at radius 3 is 2.79 bits per heavy atom. The van der Waals surface area contributed by atoms with Gasteiger partial charge in [0.2, 0.25) is 0 Å². The van der Waals surface area contributed by atoms with Crippen LogP contribution in [-0.2, 0) is 5.54 Å². The molecule has 0 amide bonds. The fourth-order valence-electron chi connectivity index (χ4n) is 2.21. The number of hydrogen-bond donors (Lipinski definition) is 1. The van der Waals surface area contributed by atoms with Gasteiger partial charge in [0, 0.05) is 19.3 Å². The molecule has 1 saturated heterocycles. The van der Waals surface area contributed by atoms with Crippen molar-refractivity contribution in [2.45, 2.75) is 24.4 Å². The lowest BCUT2D eigenvalue weighted by Gasteiger charge is -2.37. The summed E-state index contributed by atoms with van der Waals surface area (Å²) in [7, 11) is 2.13. The number of hydrogen-bond acceptors (Lipinski definition) is 3. The minimum absolute atomic E-state index is 0.0509. The average molecular weight is 192 g/mol. The van der Waals surface area contributed by atoms with Crippen molar-refractivity contribution in [3.8, 4) is 0 Å². The number of nitrogens with zero attached hydrogens (tertiary/aromatic N) is 3. The molecule has 2 fully saturated rings. The highest BCUT2D eigenvalue weighted by atomic mass is 15.4. The quantitative estimate of drug-likeness (QED) is 0.734. The first-order chi connectivity index (χ1) is 6.69. The summed E-state index contributed by atoms with van der Waals surface area (Å²) in [5.74, 6) is 0. The van der Waals surface area contributed by atoms with Crippen LogP contribution in [0.15, 0.2) is 12.3 Å². The molecule has 1 aliphatic heterocycles. The van der Waals surface area contributed by atoms with E-state index in [2.05, 4.69) is 27.8 Å². The van der Waals surface area contributed by atoms with E-state index in [9.17, 15) is 0 Å². The molecule has 0 atom stereocenters. The van der Waals surface area contributed by atoms with Crippen molar-refractivity contribution in [1.82, 2.24) is 14.7 Å². The van der Waals surface area contributed by atoms with E-state index in [4.69, 9.17) is 5.73 Å². The number of likely N-dealkylation sites (N-methyl/N-ethyl adjacent to an activating group) is 1. The van der Waals surface area contributed by atoms with Crippen LogP contribution in [0.1, 0.15) is 24.6 Å². The molecule has 2 heterocycles. The van der Waals surface area contributed by atoms with Crippen molar-refractivity contribution in [2.24, 2.45) is 5.73 Å². The molecular weight excluding hydrogens is 176 g/mol. The predicted molar refractivity (Wildman–Crippen MR) is 53.9 cm³/mol. The Morgan fingerprint density at radius 2 is 2.21 bits per heavy atom. The van der Waals surface area contributed by atoms with Crippen molar-refractivity contribution >= 4 is 0 Å². The maximum atomic E-state index is 6.19. The normalized spacial score (nSPS) is 26.1. The van der Waals surface area contributed by atoms with Crippen LogP contribution in [0.5, 0.6) is 0 Å². The van der Waals surface area contributed by atoms with Crippen LogP contribution >= 0.6 is 0 Å². The molecule has 1 aliphatic carbocycles. The zero-order valence-corrected chi connectivity index (χ0v) is 8.48. The van der Waals surface area contributed by atoms with Crippen LogP contribution in [0.3, 0.4) is 0 Å². The molecule has 0 bridgehead atoms. The van der Waals surface area contributed by atoms with Gasteiger partial charge in [-0.1, -0.05) is 0 Å². The summed E-state index contributed by atoms with van der Waals surface area (Å²) >= 11 is 0. The van der Waals surface area contributed by atoms with Crippen LogP contribution in [0.4, 0.5) is 0 Å². The van der Waals surface area contributed by atoms with Gasteiger partial charge in [0.15, 0.2) is 0 Å². The van der Waals surface area contributed by atoms with Gasteiger partial charge in [-0.25, -0.2) is 0 Å². The van der Waals surface area contributed by atoms with Crippen LogP contribution in [-0.4, -0.2) is 34.8 Å². The third-order valence-electron chi connectivity index (χ3n) is 3.36. The van der Waals surface area contributed by atoms with E-state index in [1.165, 1.54) is 5.69 Å². The average Bonchev–Trinajstić information content (AvgIpc) is 2.66. The summed E-state index contributed by atoms with van der Waals surface area (Å²) in [6.45, 7) is 2.20. The van der Waals surface area contributed by atoms with Crippen LogP contribution in [0, 0.1) is 0 Å². The molecule has 0 aromatic carbocycles. The highest BCUT2D eigenvalue weighted by Crippen LogP contribution is 2.43. The molecule has 1 aromatic rings. The van der Waals surface area contributed by atoms with Crippen molar-refractivity contribution in [3.05, 3.63) is 18.0 Å². The van der Waals surface area contributed by atoms with E-state index in [0.29, 0.717) is 6.04 Å². The van der Waals surface area contributed by atoms with Gasteiger partial charge in [-0.2, -0.15) is 5.10 Å². The van der Waals surface area contributed by atoms with Crippen molar-refractivity contribution in [1.29, 1.82) is 0 Å². The third kappa shape index (κ3) is 1.11. The molecule has 14 heavy (non-hydrogen) atoms. The molecule has 0 unspecified atom stereocenters. The molecule has 4 heteroatoms. The Bertz CT molecular complexity index is 347. The SMILES string of the molecule is CN1CC(n2nccc2C2(N)CC2)C1. The van der Waals surface area contributed by atoms with E-state index < -0.39 is 0 Å². The lowest BCUT2D eigenvalue weighted by atomic mass is 10.1. The lowest BCUT2D eigenvalue weighted by Crippen LogP contribution is -2.46. The highest BCUT2D eigenvalue weighted by molar-refractivity contribution is 5.22. The summed E-state index contributed by atoms with van der Waals surface area (Å²) in [6, 6.07) is 2.62. The van der Waals surface area contributed by atoms with Gasteiger partial charge in [-0.3, -0.25) is 4.68 Å². The summed E-state index contributed by atoms with van der Waals surface area (Å²) in [6.07, 6.45) is 4.10. The lowest BCUT2D eigenvalue weighted by molar-refractivity contribution is 0.126. The van der Waals surface area contributed by atoms with Crippen molar-refractivity contribution < 1.29 is 0 Å². The van der Waals surface area contributed by atoms with Gasteiger partial charge in [-0.05, 0) is 26.0 Å². The molecule has 4 nitrogen and oxygen atoms in total. The first-order valence-corrected chi connectivity index (χ1v) is 5.20. The Labute approximate surface area is 83.7 Å². The van der Waals surface area contributed by atoms with Gasteiger partial charge < -0.3 is 10.6 Å². The number of aromatic nitrogens is 2. The fourth-order valence-corrected chi connectivity index (χ4v) is 2.21. The first-order valence-electron chi connectivity index (χ1n) is 5.20. The minimum atomic E-state index is -0.0509. The van der Waals surface area contributed by atoms with Gasteiger partial charge >= 0.3 is 0 Å². The predicted octanol–water partition coefficient (Wildman–Crippen LogP) is 0.317. The van der Waals surface area contributed by atoms with Gasteiger partial charge in [0.1, 0.15) is 0 Å². The van der Waals surface area contributed by atoms with E-state index in [1.54, 1.807) is 0 Å². The van der Waals surface area contributed by atoms with Crippen molar-refractivity contribution in [3.63, 3.8) is 0 Å². The Hall–Kier alpha value is -0.870. The Morgan fingerprint density at radius 1 is 1.50 bits per heavy atom. The second-order valence-electron chi connectivity index (χ2n) is 4.69. The second kappa shape index (κ2) is 2.58. The molecule has 1 aromatic heterocycles.